The van der Waals surface area contributed by atoms with Gasteiger partial charge in [0.05, 0.1) is 11.6 Å². The molecule has 2 aliphatic rings. The minimum absolute atomic E-state index is 0.0399. The van der Waals surface area contributed by atoms with Crippen molar-refractivity contribution in [2.45, 2.75) is 39.2 Å². The van der Waals surface area contributed by atoms with E-state index in [0.29, 0.717) is 31.0 Å². The highest BCUT2D eigenvalue weighted by Crippen LogP contribution is 2.27. The maximum atomic E-state index is 13.2. The molecule has 1 fully saturated rings. The fourth-order valence-electron chi connectivity index (χ4n) is 4.17. The Balaban J connectivity index is 1.45. The van der Waals surface area contributed by atoms with Crippen LogP contribution in [0.2, 0.25) is 0 Å². The summed E-state index contributed by atoms with van der Waals surface area (Å²) < 4.78 is 0. The zero-order valence-electron chi connectivity index (χ0n) is 18.3. The molecule has 32 heavy (non-hydrogen) atoms. The van der Waals surface area contributed by atoms with Crippen LogP contribution in [-0.4, -0.2) is 52.3 Å². The van der Waals surface area contributed by atoms with Gasteiger partial charge >= 0.3 is 0 Å². The lowest BCUT2D eigenvalue weighted by Crippen LogP contribution is -2.46. The van der Waals surface area contributed by atoms with Crippen LogP contribution in [0.25, 0.3) is 0 Å². The topological polar surface area (TPSA) is 95.0 Å². The molecule has 4 rings (SSSR count). The van der Waals surface area contributed by atoms with Gasteiger partial charge in [-0.2, -0.15) is 5.10 Å². The largest absolute Gasteiger partial charge is 0.337 e. The Labute approximate surface area is 187 Å². The minimum Gasteiger partial charge on any atom is -0.337 e. The van der Waals surface area contributed by atoms with Crippen molar-refractivity contribution in [1.82, 2.24) is 9.88 Å². The van der Waals surface area contributed by atoms with Crippen LogP contribution >= 0.6 is 0 Å². The molecule has 8 heteroatoms. The van der Waals surface area contributed by atoms with E-state index in [4.69, 9.17) is 0 Å². The molecule has 1 N–H and O–H groups in total. The summed E-state index contributed by atoms with van der Waals surface area (Å²) in [5.74, 6) is -0.184. The van der Waals surface area contributed by atoms with E-state index < -0.39 is 6.04 Å². The Morgan fingerprint density at radius 2 is 1.84 bits per heavy atom. The number of para-hydroxylation sites is 1. The molecule has 0 spiro atoms. The molecule has 2 atom stereocenters. The smallest absolute Gasteiger partial charge is 0.270 e. The number of rotatable bonds is 5. The molecule has 1 aromatic heterocycles. The van der Waals surface area contributed by atoms with Crippen LogP contribution in [0.3, 0.4) is 0 Å². The zero-order chi connectivity index (χ0) is 22.7. The number of pyridine rings is 1. The number of Topliss-reactive ketones (excluding diaryl/α,β-unsaturated/α-hetero) is 1. The molecule has 2 aliphatic heterocycles. The standard InChI is InChI=1S/C24H27N5O3/c1-16-8-6-12-22(25-16)26-23(31)18-9-7-13-28(15-18)24(32)20-14-21(17(2)30)29(27-20)19-10-4-3-5-11-19/h3-6,8,10-12,18,21H,7,9,13-15H2,1-2H3,(H,25,26,31). The van der Waals surface area contributed by atoms with Gasteiger partial charge in [-0.15, -0.1) is 0 Å². The van der Waals surface area contributed by atoms with Crippen molar-refractivity contribution < 1.29 is 14.4 Å². The number of likely N-dealkylation sites (tertiary alicyclic amines) is 1. The summed E-state index contributed by atoms with van der Waals surface area (Å²) >= 11 is 0. The number of nitrogens with zero attached hydrogens (tertiary/aromatic N) is 4. The highest BCUT2D eigenvalue weighted by molar-refractivity contribution is 6.40. The number of carbonyl (C=O) groups excluding carboxylic acids is 3. The van der Waals surface area contributed by atoms with Gasteiger partial charge in [-0.1, -0.05) is 24.3 Å². The molecule has 2 unspecified atom stereocenters. The summed E-state index contributed by atoms with van der Waals surface area (Å²) in [6.07, 6.45) is 1.71. The van der Waals surface area contributed by atoms with Gasteiger partial charge in [0.1, 0.15) is 17.6 Å². The quantitative estimate of drug-likeness (QED) is 0.782. The molecule has 1 saturated heterocycles. The van der Waals surface area contributed by atoms with Crippen LogP contribution in [0.15, 0.2) is 53.6 Å². The molecule has 8 nitrogen and oxygen atoms in total. The van der Waals surface area contributed by atoms with Crippen molar-refractivity contribution in [1.29, 1.82) is 0 Å². The summed E-state index contributed by atoms with van der Waals surface area (Å²) in [4.78, 5) is 44.2. The van der Waals surface area contributed by atoms with E-state index in [1.807, 2.05) is 49.4 Å². The van der Waals surface area contributed by atoms with Crippen LogP contribution in [0.5, 0.6) is 0 Å². The first kappa shape index (κ1) is 21.7. The Kier molecular flexibility index (Phi) is 6.30. The van der Waals surface area contributed by atoms with Gasteiger partial charge in [0, 0.05) is 25.2 Å². The summed E-state index contributed by atoms with van der Waals surface area (Å²) in [5, 5.41) is 9.00. The Bertz CT molecular complexity index is 1050. The van der Waals surface area contributed by atoms with Crippen molar-refractivity contribution in [3.8, 4) is 0 Å². The number of hydrogen-bond donors (Lipinski definition) is 1. The molecule has 0 radical (unpaired) electrons. The summed E-state index contributed by atoms with van der Waals surface area (Å²) in [5.41, 5.74) is 1.96. The number of aryl methyl sites for hydroxylation is 1. The average Bonchev–Trinajstić information content (AvgIpc) is 3.25. The Hall–Kier alpha value is -3.55. The number of anilines is 2. The normalized spacial score (nSPS) is 20.6. The number of carbonyl (C=O) groups is 3. The third-order valence-electron chi connectivity index (χ3n) is 5.87. The van der Waals surface area contributed by atoms with Gasteiger partial charge in [0.2, 0.25) is 5.91 Å². The van der Waals surface area contributed by atoms with Gasteiger partial charge in [-0.05, 0) is 51.0 Å². The number of benzene rings is 1. The number of ketones is 1. The fourth-order valence-corrected chi connectivity index (χ4v) is 4.17. The molecule has 0 aliphatic carbocycles. The first-order valence-corrected chi connectivity index (χ1v) is 10.9. The van der Waals surface area contributed by atoms with Gasteiger partial charge in [0.15, 0.2) is 5.78 Å². The van der Waals surface area contributed by atoms with Crippen LogP contribution in [0, 0.1) is 12.8 Å². The predicted molar refractivity (Wildman–Crippen MR) is 122 cm³/mol. The fraction of sp³-hybridized carbons (Fsp3) is 0.375. The third kappa shape index (κ3) is 4.69. The van der Waals surface area contributed by atoms with E-state index in [1.54, 1.807) is 16.0 Å². The van der Waals surface area contributed by atoms with E-state index in [9.17, 15) is 14.4 Å². The number of hydrazone groups is 1. The molecular formula is C24H27N5O3. The van der Waals surface area contributed by atoms with Crippen LogP contribution in [0.1, 0.15) is 31.9 Å². The van der Waals surface area contributed by atoms with Gasteiger partial charge in [-0.3, -0.25) is 19.4 Å². The van der Waals surface area contributed by atoms with E-state index >= 15 is 0 Å². The summed E-state index contributed by atoms with van der Waals surface area (Å²) in [6, 6.07) is 14.3. The van der Waals surface area contributed by atoms with Crippen molar-refractivity contribution >= 4 is 34.8 Å². The van der Waals surface area contributed by atoms with E-state index in [-0.39, 0.29) is 29.9 Å². The lowest BCUT2D eigenvalue weighted by molar-refractivity contribution is -0.128. The van der Waals surface area contributed by atoms with E-state index in [2.05, 4.69) is 15.4 Å². The second-order valence-corrected chi connectivity index (χ2v) is 8.30. The summed E-state index contributed by atoms with van der Waals surface area (Å²) in [7, 11) is 0. The van der Waals surface area contributed by atoms with Crippen molar-refractivity contribution in [3.05, 3.63) is 54.2 Å². The zero-order valence-corrected chi connectivity index (χ0v) is 18.3. The second kappa shape index (κ2) is 9.30. The monoisotopic (exact) mass is 433 g/mol. The maximum absolute atomic E-state index is 13.2. The molecule has 166 valence electrons. The van der Waals surface area contributed by atoms with Crippen molar-refractivity contribution in [2.24, 2.45) is 11.0 Å². The molecule has 0 bridgehead atoms. The number of amides is 2. The lowest BCUT2D eigenvalue weighted by atomic mass is 9.96. The first-order valence-electron chi connectivity index (χ1n) is 10.9. The minimum atomic E-state index is -0.493. The lowest BCUT2D eigenvalue weighted by Gasteiger charge is -2.31. The third-order valence-corrected chi connectivity index (χ3v) is 5.87. The predicted octanol–water partition coefficient (Wildman–Crippen LogP) is 2.79. The molecule has 2 aromatic rings. The van der Waals surface area contributed by atoms with Crippen LogP contribution < -0.4 is 10.3 Å². The van der Waals surface area contributed by atoms with Gasteiger partial charge in [-0.25, -0.2) is 4.98 Å². The van der Waals surface area contributed by atoms with Crippen LogP contribution in [-0.2, 0) is 14.4 Å². The number of aromatic nitrogens is 1. The maximum Gasteiger partial charge on any atom is 0.270 e. The highest BCUT2D eigenvalue weighted by Gasteiger charge is 2.37. The number of hydrogen-bond acceptors (Lipinski definition) is 6. The van der Waals surface area contributed by atoms with E-state index in [0.717, 1.165) is 17.8 Å². The molecule has 0 saturated carbocycles. The SMILES string of the molecule is CC(=O)C1CC(C(=O)N2CCCC(C(=O)Nc3cccc(C)n3)C2)=NN1c1ccccc1. The van der Waals surface area contributed by atoms with E-state index in [1.165, 1.54) is 6.92 Å². The number of piperidine rings is 1. The Morgan fingerprint density at radius 3 is 2.56 bits per heavy atom. The van der Waals surface area contributed by atoms with Crippen molar-refractivity contribution in [2.75, 3.05) is 23.4 Å². The Morgan fingerprint density at radius 1 is 1.06 bits per heavy atom. The first-order chi connectivity index (χ1) is 15.4. The van der Waals surface area contributed by atoms with Crippen LogP contribution in [0.4, 0.5) is 11.5 Å². The average molecular weight is 434 g/mol. The van der Waals surface area contributed by atoms with Gasteiger partial charge in [0.25, 0.3) is 5.91 Å². The second-order valence-electron chi connectivity index (χ2n) is 8.30. The summed E-state index contributed by atoms with van der Waals surface area (Å²) in [6.45, 7) is 4.28. The molecule has 1 aromatic carbocycles. The van der Waals surface area contributed by atoms with Gasteiger partial charge < -0.3 is 10.2 Å². The highest BCUT2D eigenvalue weighted by atomic mass is 16.2. The molecule has 3 heterocycles. The molecule has 2 amide bonds. The van der Waals surface area contributed by atoms with Crippen molar-refractivity contribution in [3.63, 3.8) is 0 Å². The number of nitrogens with one attached hydrogen (secondary N) is 1. The molecular weight excluding hydrogens is 406 g/mol.